The SMILES string of the molecule is CCS(=O)(=O)NCC(c1ccc(C(F)(F)F)cc1)N1CCOCC1. The second kappa shape index (κ2) is 7.81. The average molecular weight is 366 g/mol. The number of hydrogen-bond donors (Lipinski definition) is 1. The normalized spacial score (nSPS) is 18.5. The summed E-state index contributed by atoms with van der Waals surface area (Å²) in [7, 11) is -3.38. The van der Waals surface area contributed by atoms with Crippen molar-refractivity contribution in [3.63, 3.8) is 0 Å². The van der Waals surface area contributed by atoms with E-state index in [9.17, 15) is 21.6 Å². The summed E-state index contributed by atoms with van der Waals surface area (Å²) < 4.78 is 69.3. The maximum atomic E-state index is 12.7. The van der Waals surface area contributed by atoms with Gasteiger partial charge in [0.2, 0.25) is 10.0 Å². The molecule has 1 N–H and O–H groups in total. The van der Waals surface area contributed by atoms with Crippen molar-refractivity contribution in [1.29, 1.82) is 0 Å². The molecular formula is C15H21F3N2O3S. The van der Waals surface area contributed by atoms with Gasteiger partial charge in [-0.15, -0.1) is 0 Å². The van der Waals surface area contributed by atoms with Crippen LogP contribution in [0.5, 0.6) is 0 Å². The number of nitrogens with one attached hydrogen (secondary N) is 1. The highest BCUT2D eigenvalue weighted by atomic mass is 32.2. The molecule has 1 aromatic rings. The predicted octanol–water partition coefficient (Wildman–Crippen LogP) is 2.02. The lowest BCUT2D eigenvalue weighted by molar-refractivity contribution is -0.137. The van der Waals surface area contributed by atoms with Gasteiger partial charge >= 0.3 is 6.18 Å². The van der Waals surface area contributed by atoms with Crippen molar-refractivity contribution in [3.05, 3.63) is 35.4 Å². The van der Waals surface area contributed by atoms with Crippen molar-refractivity contribution < 1.29 is 26.3 Å². The molecule has 0 spiro atoms. The molecule has 0 amide bonds. The molecule has 5 nitrogen and oxygen atoms in total. The van der Waals surface area contributed by atoms with E-state index in [-0.39, 0.29) is 18.3 Å². The third kappa shape index (κ3) is 5.17. The molecular weight excluding hydrogens is 345 g/mol. The van der Waals surface area contributed by atoms with Gasteiger partial charge in [0.25, 0.3) is 0 Å². The van der Waals surface area contributed by atoms with E-state index in [1.165, 1.54) is 19.1 Å². The number of ether oxygens (including phenoxy) is 1. The minimum Gasteiger partial charge on any atom is -0.379 e. The molecule has 0 aromatic heterocycles. The fourth-order valence-corrected chi connectivity index (χ4v) is 3.17. The first-order valence-corrected chi connectivity index (χ1v) is 9.34. The zero-order valence-electron chi connectivity index (χ0n) is 13.3. The smallest absolute Gasteiger partial charge is 0.379 e. The molecule has 1 unspecified atom stereocenters. The Morgan fingerprint density at radius 3 is 2.29 bits per heavy atom. The lowest BCUT2D eigenvalue weighted by atomic mass is 10.0. The molecule has 1 fully saturated rings. The van der Waals surface area contributed by atoms with E-state index < -0.39 is 21.8 Å². The Labute approximate surface area is 139 Å². The Hall–Kier alpha value is -1.16. The van der Waals surface area contributed by atoms with Gasteiger partial charge in [-0.1, -0.05) is 12.1 Å². The standard InChI is InChI=1S/C15H21F3N2O3S/c1-2-24(21,22)19-11-14(20-7-9-23-10-8-20)12-3-5-13(6-4-12)15(16,17)18/h3-6,14,19H,2,7-11H2,1H3. The van der Waals surface area contributed by atoms with Crippen LogP contribution in [-0.4, -0.2) is 51.9 Å². The number of sulfonamides is 1. The second-order valence-electron chi connectivity index (χ2n) is 5.54. The monoisotopic (exact) mass is 366 g/mol. The van der Waals surface area contributed by atoms with Crippen LogP contribution in [0.3, 0.4) is 0 Å². The minimum absolute atomic E-state index is 0.0458. The fourth-order valence-electron chi connectivity index (χ4n) is 2.55. The molecule has 0 aliphatic carbocycles. The third-order valence-electron chi connectivity index (χ3n) is 3.99. The Morgan fingerprint density at radius 1 is 1.21 bits per heavy atom. The highest BCUT2D eigenvalue weighted by Crippen LogP contribution is 2.31. The number of halogens is 3. The molecule has 0 saturated carbocycles. The predicted molar refractivity (Wildman–Crippen MR) is 84.0 cm³/mol. The quantitative estimate of drug-likeness (QED) is 0.837. The summed E-state index contributed by atoms with van der Waals surface area (Å²) in [4.78, 5) is 2.02. The van der Waals surface area contributed by atoms with Crippen LogP contribution in [0.4, 0.5) is 13.2 Å². The van der Waals surface area contributed by atoms with Crippen LogP contribution in [0, 0.1) is 0 Å². The highest BCUT2D eigenvalue weighted by molar-refractivity contribution is 7.89. The number of hydrogen-bond acceptors (Lipinski definition) is 4. The number of nitrogens with zero attached hydrogens (tertiary/aromatic N) is 1. The Morgan fingerprint density at radius 2 is 1.79 bits per heavy atom. The molecule has 1 saturated heterocycles. The Balaban J connectivity index is 2.21. The van der Waals surface area contributed by atoms with E-state index in [1.807, 2.05) is 4.90 Å². The van der Waals surface area contributed by atoms with Gasteiger partial charge in [-0.2, -0.15) is 13.2 Å². The largest absolute Gasteiger partial charge is 0.416 e. The van der Waals surface area contributed by atoms with Gasteiger partial charge in [-0.3, -0.25) is 4.90 Å². The van der Waals surface area contributed by atoms with Crippen molar-refractivity contribution in [2.75, 3.05) is 38.6 Å². The zero-order valence-corrected chi connectivity index (χ0v) is 14.2. The van der Waals surface area contributed by atoms with Crippen LogP contribution < -0.4 is 4.72 Å². The van der Waals surface area contributed by atoms with Crippen LogP contribution in [-0.2, 0) is 20.9 Å². The lowest BCUT2D eigenvalue weighted by Gasteiger charge is -2.35. The molecule has 136 valence electrons. The first kappa shape index (κ1) is 19.2. The first-order chi connectivity index (χ1) is 11.2. The topological polar surface area (TPSA) is 58.6 Å². The minimum atomic E-state index is -4.39. The number of benzene rings is 1. The summed E-state index contributed by atoms with van der Waals surface area (Å²) in [5.74, 6) is -0.0458. The van der Waals surface area contributed by atoms with E-state index in [0.29, 0.717) is 31.9 Å². The van der Waals surface area contributed by atoms with Gasteiger partial charge < -0.3 is 4.74 Å². The van der Waals surface area contributed by atoms with Gasteiger partial charge in [0.1, 0.15) is 0 Å². The number of morpholine rings is 1. The average Bonchev–Trinajstić information content (AvgIpc) is 2.55. The zero-order chi connectivity index (χ0) is 17.8. The summed E-state index contributed by atoms with van der Waals surface area (Å²) in [6, 6.07) is 4.53. The van der Waals surface area contributed by atoms with Crippen molar-refractivity contribution in [1.82, 2.24) is 9.62 Å². The lowest BCUT2D eigenvalue weighted by Crippen LogP contribution is -2.44. The van der Waals surface area contributed by atoms with Crippen molar-refractivity contribution >= 4 is 10.0 Å². The molecule has 24 heavy (non-hydrogen) atoms. The third-order valence-corrected chi connectivity index (χ3v) is 5.35. The summed E-state index contributed by atoms with van der Waals surface area (Å²) in [5.41, 5.74) is -0.0789. The van der Waals surface area contributed by atoms with E-state index in [0.717, 1.165) is 12.1 Å². The van der Waals surface area contributed by atoms with Crippen LogP contribution in [0.15, 0.2) is 24.3 Å². The summed E-state index contributed by atoms with van der Waals surface area (Å²) in [5, 5.41) is 0. The maximum Gasteiger partial charge on any atom is 0.416 e. The molecule has 9 heteroatoms. The fraction of sp³-hybridized carbons (Fsp3) is 0.600. The Bertz CT molecular complexity index is 626. The van der Waals surface area contributed by atoms with E-state index >= 15 is 0 Å². The molecule has 1 atom stereocenters. The number of rotatable bonds is 6. The summed E-state index contributed by atoms with van der Waals surface area (Å²) in [6.45, 7) is 3.86. The molecule has 1 aliphatic heterocycles. The molecule has 0 bridgehead atoms. The van der Waals surface area contributed by atoms with E-state index in [2.05, 4.69) is 4.72 Å². The first-order valence-electron chi connectivity index (χ1n) is 7.69. The van der Waals surface area contributed by atoms with Crippen LogP contribution in [0.1, 0.15) is 24.1 Å². The van der Waals surface area contributed by atoms with Crippen molar-refractivity contribution in [3.8, 4) is 0 Å². The highest BCUT2D eigenvalue weighted by Gasteiger charge is 2.31. The molecule has 2 rings (SSSR count). The van der Waals surface area contributed by atoms with Gasteiger partial charge in [0, 0.05) is 25.7 Å². The van der Waals surface area contributed by atoms with Crippen LogP contribution >= 0.6 is 0 Å². The Kier molecular flexibility index (Phi) is 6.24. The molecule has 1 aromatic carbocycles. The van der Waals surface area contributed by atoms with Crippen molar-refractivity contribution in [2.45, 2.75) is 19.1 Å². The molecule has 1 aliphatic rings. The van der Waals surface area contributed by atoms with Crippen LogP contribution in [0.25, 0.3) is 0 Å². The summed E-state index contributed by atoms with van der Waals surface area (Å²) >= 11 is 0. The molecule has 1 heterocycles. The van der Waals surface area contributed by atoms with Crippen LogP contribution in [0.2, 0.25) is 0 Å². The van der Waals surface area contributed by atoms with Crippen molar-refractivity contribution in [2.24, 2.45) is 0 Å². The number of alkyl halides is 3. The van der Waals surface area contributed by atoms with Gasteiger partial charge in [-0.05, 0) is 24.6 Å². The second-order valence-corrected chi connectivity index (χ2v) is 7.63. The maximum absolute atomic E-state index is 12.7. The van der Waals surface area contributed by atoms with E-state index in [1.54, 1.807) is 0 Å². The van der Waals surface area contributed by atoms with E-state index in [4.69, 9.17) is 4.74 Å². The van der Waals surface area contributed by atoms with Gasteiger partial charge in [-0.25, -0.2) is 13.1 Å². The molecule has 0 radical (unpaired) electrons. The summed E-state index contributed by atoms with van der Waals surface area (Å²) in [6.07, 6.45) is -4.39. The van der Waals surface area contributed by atoms with Gasteiger partial charge in [0.05, 0.1) is 24.5 Å². The van der Waals surface area contributed by atoms with Gasteiger partial charge in [0.15, 0.2) is 0 Å².